The van der Waals surface area contributed by atoms with Crippen LogP contribution in [0.3, 0.4) is 0 Å². The summed E-state index contributed by atoms with van der Waals surface area (Å²) in [5, 5.41) is 4.98. The van der Waals surface area contributed by atoms with E-state index in [4.69, 9.17) is 0 Å². The zero-order chi connectivity index (χ0) is 29.8. The van der Waals surface area contributed by atoms with Gasteiger partial charge in [-0.15, -0.1) is 11.8 Å². The summed E-state index contributed by atoms with van der Waals surface area (Å²) in [7, 11) is 3.17. The molecule has 0 aliphatic carbocycles. The predicted molar refractivity (Wildman–Crippen MR) is 165 cm³/mol. The number of aromatic nitrogens is 3. The van der Waals surface area contributed by atoms with Crippen molar-refractivity contribution < 1.29 is 8.78 Å². The first-order valence-electron chi connectivity index (χ1n) is 13.1. The molecule has 0 spiro atoms. The second kappa shape index (κ2) is 12.6. The van der Waals surface area contributed by atoms with Crippen molar-refractivity contribution in [2.24, 2.45) is 12.8 Å². The van der Waals surface area contributed by atoms with E-state index in [0.29, 0.717) is 22.3 Å². The number of nitrogens with one attached hydrogen (secondary N) is 1. The number of anilines is 1. The summed E-state index contributed by atoms with van der Waals surface area (Å²) in [5.74, 6) is -1.19. The first-order chi connectivity index (χ1) is 19.7. The summed E-state index contributed by atoms with van der Waals surface area (Å²) in [6.45, 7) is 5.71. The van der Waals surface area contributed by atoms with Crippen LogP contribution in [0.1, 0.15) is 29.8 Å². The fourth-order valence-electron chi connectivity index (χ4n) is 4.92. The van der Waals surface area contributed by atoms with Crippen molar-refractivity contribution in [1.29, 1.82) is 0 Å². The van der Waals surface area contributed by atoms with Gasteiger partial charge in [0.15, 0.2) is 0 Å². The molecule has 212 valence electrons. The van der Waals surface area contributed by atoms with Gasteiger partial charge in [-0.3, -0.25) is 14.8 Å². The van der Waals surface area contributed by atoms with E-state index in [-0.39, 0.29) is 22.9 Å². The van der Waals surface area contributed by atoms with Crippen LogP contribution in [0.2, 0.25) is 0 Å². The number of para-hydroxylation sites is 1. The third-order valence-electron chi connectivity index (χ3n) is 6.92. The van der Waals surface area contributed by atoms with Crippen LogP contribution in [0.4, 0.5) is 14.5 Å². The number of fused-ring (bicyclic) bond motifs is 1. The summed E-state index contributed by atoms with van der Waals surface area (Å²) in [4.78, 5) is 23.0. The highest BCUT2D eigenvalue weighted by Crippen LogP contribution is 2.34. The molecule has 0 radical (unpaired) electrons. The van der Waals surface area contributed by atoms with Gasteiger partial charge < -0.3 is 15.6 Å². The van der Waals surface area contributed by atoms with E-state index in [1.165, 1.54) is 29.9 Å². The first kappa shape index (κ1) is 29.9. The van der Waals surface area contributed by atoms with Gasteiger partial charge in [0.05, 0.1) is 11.9 Å². The van der Waals surface area contributed by atoms with Crippen LogP contribution < -0.4 is 16.6 Å². The second-order valence-corrected chi connectivity index (χ2v) is 10.5. The van der Waals surface area contributed by atoms with E-state index in [9.17, 15) is 9.18 Å². The highest BCUT2D eigenvalue weighted by molar-refractivity contribution is 7.98. The predicted octanol–water partition coefficient (Wildman–Crippen LogP) is 7.03. The highest BCUT2D eigenvalue weighted by atomic mass is 32.2. The van der Waals surface area contributed by atoms with Gasteiger partial charge in [0.1, 0.15) is 17.3 Å². The van der Waals surface area contributed by atoms with Crippen molar-refractivity contribution in [3.63, 3.8) is 0 Å². The fourth-order valence-corrected chi connectivity index (χ4v) is 5.48. The van der Waals surface area contributed by atoms with Gasteiger partial charge >= 0.3 is 0 Å². The van der Waals surface area contributed by atoms with E-state index in [2.05, 4.69) is 40.1 Å². The maximum Gasteiger partial charge on any atom is 0.258 e. The molecule has 3 aromatic heterocycles. The molecule has 1 unspecified atom stereocenters. The van der Waals surface area contributed by atoms with Crippen LogP contribution in [0.5, 0.6) is 0 Å². The maximum absolute atomic E-state index is 15.3. The number of nitrogens with two attached hydrogens (primary N) is 1. The van der Waals surface area contributed by atoms with Crippen molar-refractivity contribution >= 4 is 28.2 Å². The minimum Gasteiger partial charge on any atom is -0.378 e. The lowest BCUT2D eigenvalue weighted by molar-refractivity contribution is 0.616. The Morgan fingerprint density at radius 2 is 1.71 bits per heavy atom. The quantitative estimate of drug-likeness (QED) is 0.212. The van der Waals surface area contributed by atoms with Crippen molar-refractivity contribution in [2.75, 3.05) is 18.6 Å². The highest BCUT2D eigenvalue weighted by Gasteiger charge is 2.19. The normalized spacial score (nSPS) is 11.6. The summed E-state index contributed by atoms with van der Waals surface area (Å²) >= 11 is 1.66. The van der Waals surface area contributed by atoms with Gasteiger partial charge in [0.2, 0.25) is 0 Å². The van der Waals surface area contributed by atoms with Crippen LogP contribution >= 0.6 is 11.8 Å². The number of halogens is 2. The Morgan fingerprint density at radius 3 is 2.41 bits per heavy atom. The fraction of sp³-hybridized carbons (Fsp3) is 0.219. The minimum atomic E-state index is -0.622. The summed E-state index contributed by atoms with van der Waals surface area (Å²) < 4.78 is 30.7. The Balaban J connectivity index is 0.00000189. The molecule has 2 aromatic carbocycles. The van der Waals surface area contributed by atoms with Crippen molar-refractivity contribution in [3.05, 3.63) is 106 Å². The number of thioether (sulfide) groups is 1. The molecule has 0 saturated heterocycles. The van der Waals surface area contributed by atoms with Gasteiger partial charge in [0, 0.05) is 52.1 Å². The Morgan fingerprint density at radius 1 is 0.976 bits per heavy atom. The Labute approximate surface area is 242 Å². The van der Waals surface area contributed by atoms with Gasteiger partial charge in [0.25, 0.3) is 5.56 Å². The smallest absolute Gasteiger partial charge is 0.258 e. The molecule has 0 fully saturated rings. The van der Waals surface area contributed by atoms with Gasteiger partial charge in [-0.1, -0.05) is 18.2 Å². The van der Waals surface area contributed by atoms with E-state index >= 15 is 4.39 Å². The minimum absolute atomic E-state index is 0.00985. The zero-order valence-electron chi connectivity index (χ0n) is 23.9. The number of hydrogen-bond donors (Lipinski definition) is 2. The molecule has 1 atom stereocenters. The molecular weight excluding hydrogens is 540 g/mol. The third kappa shape index (κ3) is 6.01. The van der Waals surface area contributed by atoms with Gasteiger partial charge in [-0.2, -0.15) is 0 Å². The van der Waals surface area contributed by atoms with Crippen LogP contribution in [-0.4, -0.2) is 27.8 Å². The van der Waals surface area contributed by atoms with Crippen LogP contribution in [0, 0.1) is 25.5 Å². The lowest BCUT2D eigenvalue weighted by Gasteiger charge is -2.21. The van der Waals surface area contributed by atoms with Crippen molar-refractivity contribution in [2.45, 2.75) is 31.7 Å². The molecule has 0 aliphatic heterocycles. The van der Waals surface area contributed by atoms with Crippen LogP contribution in [-0.2, 0) is 7.05 Å². The Kier molecular flexibility index (Phi) is 9.20. The molecule has 3 N–H and O–H groups in total. The molecule has 0 bridgehead atoms. The van der Waals surface area contributed by atoms with Crippen LogP contribution in [0.15, 0.2) is 76.7 Å². The molecule has 0 amide bonds. The number of pyridine rings is 3. The first-order valence-corrected chi connectivity index (χ1v) is 14.3. The SMILES string of the molecule is CN.CSc1ccccc1NC(C)c1cc(C)cc2c(=O)n(C)c(-c3cnc(-c4cc(F)cnc4C)c(F)c3)cc12. The standard InChI is InChI=1S/C31H28F2N4OS.CH5N/c1-17-10-22(19(3)36-27-8-6-7-9-29(27)39-5)24-14-28(37(4)31(38)25(24)11-17)20-12-26(33)30(35-15-20)23-13-21(32)16-34-18(23)2;1-2/h6-16,19,36H,1-5H3;2H2,1H3. The number of benzene rings is 2. The van der Waals surface area contributed by atoms with E-state index in [1.807, 2.05) is 43.5 Å². The lowest BCUT2D eigenvalue weighted by atomic mass is 9.96. The maximum atomic E-state index is 15.3. The van der Waals surface area contributed by atoms with E-state index < -0.39 is 11.6 Å². The van der Waals surface area contributed by atoms with E-state index in [1.54, 1.807) is 25.7 Å². The van der Waals surface area contributed by atoms with Gasteiger partial charge in [-0.05, 0) is 87.0 Å². The number of nitrogens with zero attached hydrogens (tertiary/aromatic N) is 3. The average molecular weight is 574 g/mol. The number of hydrogen-bond acceptors (Lipinski definition) is 6. The van der Waals surface area contributed by atoms with E-state index in [0.717, 1.165) is 33.3 Å². The zero-order valence-corrected chi connectivity index (χ0v) is 24.7. The summed E-state index contributed by atoms with van der Waals surface area (Å²) in [6, 6.07) is 16.4. The largest absolute Gasteiger partial charge is 0.378 e. The summed E-state index contributed by atoms with van der Waals surface area (Å²) in [5.41, 5.74) is 9.01. The molecule has 41 heavy (non-hydrogen) atoms. The number of aryl methyl sites for hydroxylation is 2. The molecule has 0 aliphatic rings. The molecule has 0 saturated carbocycles. The monoisotopic (exact) mass is 573 g/mol. The second-order valence-electron chi connectivity index (χ2n) is 9.62. The van der Waals surface area contributed by atoms with Gasteiger partial charge in [-0.25, -0.2) is 8.78 Å². The molecule has 6 nitrogen and oxygen atoms in total. The summed E-state index contributed by atoms with van der Waals surface area (Å²) in [6.07, 6.45) is 4.63. The Hall–Kier alpha value is -4.08. The van der Waals surface area contributed by atoms with Crippen LogP contribution in [0.25, 0.3) is 33.3 Å². The number of rotatable bonds is 6. The third-order valence-corrected chi connectivity index (χ3v) is 7.72. The topological polar surface area (TPSA) is 85.8 Å². The average Bonchev–Trinajstić information content (AvgIpc) is 2.97. The molecule has 9 heteroatoms. The molecular formula is C32H33F2N5OS. The van der Waals surface area contributed by atoms with Crippen molar-refractivity contribution in [1.82, 2.24) is 14.5 Å². The molecule has 5 rings (SSSR count). The molecule has 5 aromatic rings. The van der Waals surface area contributed by atoms with Crippen molar-refractivity contribution in [3.8, 4) is 22.5 Å². The molecule has 3 heterocycles. The lowest BCUT2D eigenvalue weighted by Crippen LogP contribution is -2.20. The Bertz CT molecular complexity index is 1790.